The molecule has 1 heterocycles. The van der Waals surface area contributed by atoms with Crippen molar-refractivity contribution in [2.24, 2.45) is 16.7 Å². The molecule has 0 bridgehead atoms. The monoisotopic (exact) mass is 217 g/mol. The largest absolute Gasteiger partial charge is 0.377 e. The Hall–Kier alpha value is -0.420. The number of ether oxygens (including phenoxy) is 1. The van der Waals surface area contributed by atoms with E-state index in [-0.39, 0.29) is 11.2 Å². The topological polar surface area (TPSA) is 73.6 Å². The van der Waals surface area contributed by atoms with Gasteiger partial charge in [-0.3, -0.25) is 0 Å². The summed E-state index contributed by atoms with van der Waals surface area (Å²) < 4.78 is 5.92. The summed E-state index contributed by atoms with van der Waals surface area (Å²) in [6.45, 7) is 8.32. The van der Waals surface area contributed by atoms with Crippen molar-refractivity contribution in [1.29, 1.82) is 0 Å². The van der Waals surface area contributed by atoms with Gasteiger partial charge < -0.3 is 16.3 Å². The lowest BCUT2D eigenvalue weighted by atomic mass is 10.0. The molecule has 0 spiro atoms. The highest BCUT2D eigenvalue weighted by Gasteiger charge is 2.46. The van der Waals surface area contributed by atoms with Crippen LogP contribution in [-0.4, -0.2) is 21.6 Å². The summed E-state index contributed by atoms with van der Waals surface area (Å²) in [5, 5.41) is 4.20. The minimum atomic E-state index is -0.177. The predicted molar refractivity (Wildman–Crippen MR) is 61.0 cm³/mol. The van der Waals surface area contributed by atoms with Crippen molar-refractivity contribution in [3.05, 3.63) is 0 Å². The minimum absolute atomic E-state index is 0.0873. The summed E-state index contributed by atoms with van der Waals surface area (Å²) in [7, 11) is 0. The van der Waals surface area contributed by atoms with Gasteiger partial charge in [-0.15, -0.1) is 0 Å². The lowest BCUT2D eigenvalue weighted by molar-refractivity contribution is -0.0631. The Morgan fingerprint density at radius 1 is 1.43 bits per heavy atom. The summed E-state index contributed by atoms with van der Waals surface area (Å²) in [4.78, 5) is 0. The highest BCUT2D eigenvalue weighted by atomic mass is 32.2. The average molecular weight is 217 g/mol. The van der Waals surface area contributed by atoms with Crippen LogP contribution in [0, 0.1) is 0 Å². The number of hydrazone groups is 1. The fraction of sp³-hybridized carbons (Fsp3) is 0.889. The van der Waals surface area contributed by atoms with Crippen LogP contribution in [0.4, 0.5) is 0 Å². The average Bonchev–Trinajstić information content (AvgIpc) is 2.19. The molecule has 1 aliphatic heterocycles. The summed E-state index contributed by atoms with van der Waals surface area (Å²) in [6.07, 6.45) is 0.959. The molecule has 82 valence electrons. The van der Waals surface area contributed by atoms with Gasteiger partial charge in [0.15, 0.2) is 5.17 Å². The Labute approximate surface area is 89.4 Å². The standard InChI is InChI=1S/C9H19N3OS/c1-8(2)5-6(9(3,4)13-8)14-7(10)12-11/h6H,5,11H2,1-4H3,(H2,10,12). The molecule has 0 aromatic heterocycles. The van der Waals surface area contributed by atoms with E-state index in [1.807, 2.05) is 0 Å². The van der Waals surface area contributed by atoms with Crippen molar-refractivity contribution >= 4 is 16.9 Å². The van der Waals surface area contributed by atoms with Gasteiger partial charge in [-0.2, -0.15) is 5.10 Å². The van der Waals surface area contributed by atoms with Crippen LogP contribution < -0.4 is 11.6 Å². The first-order valence-electron chi connectivity index (χ1n) is 4.67. The zero-order valence-electron chi connectivity index (χ0n) is 9.20. The fourth-order valence-corrected chi connectivity index (χ4v) is 3.04. The third kappa shape index (κ3) is 2.54. The van der Waals surface area contributed by atoms with E-state index in [0.717, 1.165) is 6.42 Å². The second-order valence-electron chi connectivity index (χ2n) is 4.74. The molecule has 5 heteroatoms. The van der Waals surface area contributed by atoms with Gasteiger partial charge in [0.1, 0.15) is 0 Å². The lowest BCUT2D eigenvalue weighted by Crippen LogP contribution is -2.32. The van der Waals surface area contributed by atoms with E-state index in [0.29, 0.717) is 10.4 Å². The normalized spacial score (nSPS) is 30.6. The number of hydrogen-bond acceptors (Lipinski definition) is 4. The second kappa shape index (κ2) is 3.62. The molecular formula is C9H19N3OS. The van der Waals surface area contributed by atoms with Gasteiger partial charge in [0.25, 0.3) is 0 Å². The molecule has 1 unspecified atom stereocenters. The number of rotatable bonds is 1. The van der Waals surface area contributed by atoms with Gasteiger partial charge in [0.2, 0.25) is 0 Å². The van der Waals surface area contributed by atoms with Crippen LogP contribution in [0.15, 0.2) is 5.10 Å². The van der Waals surface area contributed by atoms with Crippen molar-refractivity contribution in [3.8, 4) is 0 Å². The van der Waals surface area contributed by atoms with Crippen LogP contribution in [0.25, 0.3) is 0 Å². The number of amidine groups is 1. The molecular weight excluding hydrogens is 198 g/mol. The Bertz CT molecular complexity index is 250. The maximum absolute atomic E-state index is 5.92. The molecule has 1 atom stereocenters. The van der Waals surface area contributed by atoms with Crippen LogP contribution in [-0.2, 0) is 4.74 Å². The van der Waals surface area contributed by atoms with Gasteiger partial charge in [-0.25, -0.2) is 0 Å². The molecule has 0 aromatic carbocycles. The second-order valence-corrected chi connectivity index (χ2v) is 5.97. The summed E-state index contributed by atoms with van der Waals surface area (Å²) >= 11 is 1.49. The van der Waals surface area contributed by atoms with Crippen molar-refractivity contribution in [2.45, 2.75) is 50.6 Å². The van der Waals surface area contributed by atoms with E-state index in [1.54, 1.807) is 0 Å². The molecule has 0 aromatic rings. The lowest BCUT2D eigenvalue weighted by Gasteiger charge is -2.26. The summed E-state index contributed by atoms with van der Waals surface area (Å²) in [6, 6.07) is 0. The van der Waals surface area contributed by atoms with Crippen LogP contribution in [0.3, 0.4) is 0 Å². The molecule has 0 radical (unpaired) electrons. The highest BCUT2D eigenvalue weighted by Crippen LogP contribution is 2.43. The molecule has 14 heavy (non-hydrogen) atoms. The zero-order valence-corrected chi connectivity index (χ0v) is 10.0. The molecule has 0 aliphatic carbocycles. The van der Waals surface area contributed by atoms with E-state index >= 15 is 0 Å². The molecule has 1 rings (SSSR count). The fourth-order valence-electron chi connectivity index (χ4n) is 1.87. The molecule has 0 amide bonds. The van der Waals surface area contributed by atoms with Gasteiger partial charge in [0.05, 0.1) is 11.2 Å². The van der Waals surface area contributed by atoms with Crippen molar-refractivity contribution < 1.29 is 4.74 Å². The maximum atomic E-state index is 5.92. The van der Waals surface area contributed by atoms with Gasteiger partial charge in [0, 0.05) is 5.25 Å². The molecule has 0 saturated carbocycles. The Morgan fingerprint density at radius 2 is 2.00 bits per heavy atom. The van der Waals surface area contributed by atoms with E-state index in [4.69, 9.17) is 16.3 Å². The maximum Gasteiger partial charge on any atom is 0.177 e. The van der Waals surface area contributed by atoms with Gasteiger partial charge in [-0.05, 0) is 34.1 Å². The summed E-state index contributed by atoms with van der Waals surface area (Å²) in [5.41, 5.74) is 5.33. The number of nitrogens with two attached hydrogens (primary N) is 2. The number of nitrogens with zero attached hydrogens (tertiary/aromatic N) is 1. The van der Waals surface area contributed by atoms with Crippen LogP contribution in [0.1, 0.15) is 34.1 Å². The van der Waals surface area contributed by atoms with E-state index in [9.17, 15) is 0 Å². The predicted octanol–water partition coefficient (Wildman–Crippen LogP) is 1.25. The number of hydrogen-bond donors (Lipinski definition) is 2. The van der Waals surface area contributed by atoms with Gasteiger partial charge >= 0.3 is 0 Å². The quantitative estimate of drug-likeness (QED) is 0.300. The highest BCUT2D eigenvalue weighted by molar-refractivity contribution is 8.14. The van der Waals surface area contributed by atoms with Crippen LogP contribution in [0.2, 0.25) is 0 Å². The van der Waals surface area contributed by atoms with Crippen molar-refractivity contribution in [2.75, 3.05) is 0 Å². The van der Waals surface area contributed by atoms with Crippen molar-refractivity contribution in [1.82, 2.24) is 0 Å². The molecule has 4 N–H and O–H groups in total. The minimum Gasteiger partial charge on any atom is -0.377 e. The first-order valence-corrected chi connectivity index (χ1v) is 5.55. The van der Waals surface area contributed by atoms with E-state index < -0.39 is 0 Å². The zero-order chi connectivity index (χ0) is 11.0. The third-order valence-electron chi connectivity index (χ3n) is 2.38. The van der Waals surface area contributed by atoms with Gasteiger partial charge in [-0.1, -0.05) is 11.8 Å². The molecule has 1 aliphatic rings. The van der Waals surface area contributed by atoms with E-state index in [1.165, 1.54) is 11.8 Å². The Morgan fingerprint density at radius 3 is 2.36 bits per heavy atom. The SMILES string of the molecule is CC1(C)CC(SC(N)=NN)C(C)(C)O1. The first kappa shape index (κ1) is 11.7. The summed E-state index contributed by atoms with van der Waals surface area (Å²) in [5.74, 6) is 5.11. The van der Waals surface area contributed by atoms with Crippen molar-refractivity contribution in [3.63, 3.8) is 0 Å². The molecule has 1 fully saturated rings. The first-order chi connectivity index (χ1) is 6.27. The Kier molecular flexibility index (Phi) is 3.02. The smallest absolute Gasteiger partial charge is 0.177 e. The third-order valence-corrected chi connectivity index (χ3v) is 3.75. The van der Waals surface area contributed by atoms with Crippen LogP contribution >= 0.6 is 11.8 Å². The molecule has 4 nitrogen and oxygen atoms in total. The number of thioether (sulfide) groups is 1. The Balaban J connectivity index is 2.71. The van der Waals surface area contributed by atoms with E-state index in [2.05, 4.69) is 32.8 Å². The molecule has 1 saturated heterocycles. The van der Waals surface area contributed by atoms with Crippen LogP contribution in [0.5, 0.6) is 0 Å².